The molecule has 11 heavy (non-hydrogen) atoms. The number of thiazole rings is 1. The van der Waals surface area contributed by atoms with Gasteiger partial charge in [0.1, 0.15) is 5.01 Å². The summed E-state index contributed by atoms with van der Waals surface area (Å²) >= 11 is 1.73. The highest BCUT2D eigenvalue weighted by Crippen LogP contribution is 2.17. The summed E-state index contributed by atoms with van der Waals surface area (Å²) < 4.78 is 0. The maximum absolute atomic E-state index is 4.46. The molecule has 0 radical (unpaired) electrons. The first kappa shape index (κ1) is 8.68. The van der Waals surface area contributed by atoms with E-state index in [2.05, 4.69) is 29.5 Å². The zero-order valence-corrected chi connectivity index (χ0v) is 8.03. The molecule has 1 atom stereocenters. The van der Waals surface area contributed by atoms with Crippen LogP contribution in [-0.2, 0) is 6.42 Å². The molecule has 0 fully saturated rings. The summed E-state index contributed by atoms with van der Waals surface area (Å²) in [6, 6.07) is 0.389. The van der Waals surface area contributed by atoms with Gasteiger partial charge in [-0.3, -0.25) is 0 Å². The van der Waals surface area contributed by atoms with E-state index < -0.39 is 0 Å². The molecule has 1 heterocycles. The van der Waals surface area contributed by atoms with Crippen molar-refractivity contribution >= 4 is 11.3 Å². The molecule has 1 unspecified atom stereocenters. The Morgan fingerprint density at radius 1 is 1.73 bits per heavy atom. The van der Waals surface area contributed by atoms with E-state index in [0.29, 0.717) is 6.04 Å². The molecule has 0 saturated heterocycles. The lowest BCUT2D eigenvalue weighted by Crippen LogP contribution is -2.11. The summed E-state index contributed by atoms with van der Waals surface area (Å²) in [7, 11) is 1.96. The first-order valence-corrected chi connectivity index (χ1v) is 4.77. The van der Waals surface area contributed by atoms with Gasteiger partial charge < -0.3 is 5.32 Å². The Hall–Kier alpha value is -0.410. The van der Waals surface area contributed by atoms with E-state index in [9.17, 15) is 0 Å². The molecule has 0 aliphatic heterocycles. The van der Waals surface area contributed by atoms with Gasteiger partial charge in [0.05, 0.1) is 11.7 Å². The SMILES string of the molecule is CCc1csc(C(C)NC)n1. The third-order valence-electron chi connectivity index (χ3n) is 1.74. The molecule has 1 aromatic heterocycles. The van der Waals surface area contributed by atoms with Crippen molar-refractivity contribution < 1.29 is 0 Å². The van der Waals surface area contributed by atoms with Crippen molar-refractivity contribution in [1.29, 1.82) is 0 Å². The van der Waals surface area contributed by atoms with E-state index in [1.807, 2.05) is 7.05 Å². The third-order valence-corrected chi connectivity index (χ3v) is 2.81. The van der Waals surface area contributed by atoms with Gasteiger partial charge >= 0.3 is 0 Å². The molecule has 3 heteroatoms. The summed E-state index contributed by atoms with van der Waals surface area (Å²) in [6.45, 7) is 4.25. The Labute approximate surface area is 71.7 Å². The van der Waals surface area contributed by atoms with Crippen LogP contribution in [0.25, 0.3) is 0 Å². The Morgan fingerprint density at radius 2 is 2.45 bits per heavy atom. The highest BCUT2D eigenvalue weighted by Gasteiger charge is 2.06. The van der Waals surface area contributed by atoms with Gasteiger partial charge in [-0.15, -0.1) is 11.3 Å². The average molecular weight is 170 g/mol. The van der Waals surface area contributed by atoms with Gasteiger partial charge in [0, 0.05) is 5.38 Å². The second kappa shape index (κ2) is 3.83. The zero-order valence-electron chi connectivity index (χ0n) is 7.22. The van der Waals surface area contributed by atoms with E-state index in [1.165, 1.54) is 10.7 Å². The first-order valence-electron chi connectivity index (χ1n) is 3.89. The molecule has 2 nitrogen and oxygen atoms in total. The lowest BCUT2D eigenvalue weighted by molar-refractivity contribution is 0.645. The van der Waals surface area contributed by atoms with Crippen molar-refractivity contribution in [2.75, 3.05) is 7.05 Å². The topological polar surface area (TPSA) is 24.9 Å². The molecular weight excluding hydrogens is 156 g/mol. The van der Waals surface area contributed by atoms with Gasteiger partial charge in [-0.05, 0) is 20.4 Å². The molecule has 1 rings (SSSR count). The van der Waals surface area contributed by atoms with Crippen molar-refractivity contribution in [3.63, 3.8) is 0 Å². The number of aryl methyl sites for hydroxylation is 1. The summed E-state index contributed by atoms with van der Waals surface area (Å²) in [5, 5.41) is 6.48. The number of nitrogens with zero attached hydrogens (tertiary/aromatic N) is 1. The van der Waals surface area contributed by atoms with Crippen LogP contribution in [0.5, 0.6) is 0 Å². The molecule has 0 aliphatic rings. The van der Waals surface area contributed by atoms with Crippen molar-refractivity contribution in [2.45, 2.75) is 26.3 Å². The highest BCUT2D eigenvalue weighted by molar-refractivity contribution is 7.09. The van der Waals surface area contributed by atoms with Crippen LogP contribution in [0.3, 0.4) is 0 Å². The summed E-state index contributed by atoms with van der Waals surface area (Å²) in [5.41, 5.74) is 1.20. The molecule has 0 aromatic carbocycles. The van der Waals surface area contributed by atoms with Gasteiger partial charge in [-0.25, -0.2) is 4.98 Å². The lowest BCUT2D eigenvalue weighted by atomic mass is 10.3. The van der Waals surface area contributed by atoms with Crippen LogP contribution in [0.4, 0.5) is 0 Å². The van der Waals surface area contributed by atoms with Crippen molar-refractivity contribution in [1.82, 2.24) is 10.3 Å². The summed E-state index contributed by atoms with van der Waals surface area (Å²) in [5.74, 6) is 0. The summed E-state index contributed by atoms with van der Waals surface area (Å²) in [6.07, 6.45) is 1.03. The quantitative estimate of drug-likeness (QED) is 0.750. The number of hydrogen-bond acceptors (Lipinski definition) is 3. The van der Waals surface area contributed by atoms with Gasteiger partial charge in [-0.1, -0.05) is 6.92 Å². The Morgan fingerprint density at radius 3 is 2.91 bits per heavy atom. The maximum atomic E-state index is 4.46. The highest BCUT2D eigenvalue weighted by atomic mass is 32.1. The lowest BCUT2D eigenvalue weighted by Gasteiger charge is -2.03. The van der Waals surface area contributed by atoms with Crippen LogP contribution >= 0.6 is 11.3 Å². The molecule has 0 saturated carbocycles. The average Bonchev–Trinajstić information content (AvgIpc) is 2.50. The minimum absolute atomic E-state index is 0.389. The zero-order chi connectivity index (χ0) is 8.27. The van der Waals surface area contributed by atoms with E-state index in [1.54, 1.807) is 11.3 Å². The standard InChI is InChI=1S/C8H14N2S/c1-4-7-5-11-8(10-7)6(2)9-3/h5-6,9H,4H2,1-3H3. The fraction of sp³-hybridized carbons (Fsp3) is 0.625. The van der Waals surface area contributed by atoms with E-state index >= 15 is 0 Å². The second-order valence-corrected chi connectivity index (χ2v) is 3.43. The smallest absolute Gasteiger partial charge is 0.110 e. The van der Waals surface area contributed by atoms with E-state index in [0.717, 1.165) is 6.42 Å². The minimum Gasteiger partial charge on any atom is -0.311 e. The van der Waals surface area contributed by atoms with Crippen molar-refractivity contribution in [3.05, 3.63) is 16.1 Å². The van der Waals surface area contributed by atoms with Crippen molar-refractivity contribution in [3.8, 4) is 0 Å². The van der Waals surface area contributed by atoms with Gasteiger partial charge in [0.2, 0.25) is 0 Å². The van der Waals surface area contributed by atoms with Crippen molar-refractivity contribution in [2.24, 2.45) is 0 Å². The largest absolute Gasteiger partial charge is 0.311 e. The fourth-order valence-electron chi connectivity index (χ4n) is 0.807. The molecule has 1 aromatic rings. The molecule has 0 aliphatic carbocycles. The molecule has 0 amide bonds. The van der Waals surface area contributed by atoms with Crippen LogP contribution < -0.4 is 5.32 Å². The normalized spacial score (nSPS) is 13.4. The van der Waals surface area contributed by atoms with Crippen LogP contribution in [0.2, 0.25) is 0 Å². The van der Waals surface area contributed by atoms with Crippen LogP contribution in [0.1, 0.15) is 30.6 Å². The number of rotatable bonds is 3. The number of nitrogens with one attached hydrogen (secondary N) is 1. The Bertz CT molecular complexity index is 220. The second-order valence-electron chi connectivity index (χ2n) is 2.54. The predicted octanol–water partition coefficient (Wildman–Crippen LogP) is 1.99. The van der Waals surface area contributed by atoms with E-state index in [-0.39, 0.29) is 0 Å². The van der Waals surface area contributed by atoms with Crippen LogP contribution in [-0.4, -0.2) is 12.0 Å². The molecule has 0 bridgehead atoms. The Balaban J connectivity index is 2.71. The van der Waals surface area contributed by atoms with Gasteiger partial charge in [0.25, 0.3) is 0 Å². The predicted molar refractivity (Wildman–Crippen MR) is 49.0 cm³/mol. The Kier molecular flexibility index (Phi) is 3.02. The number of aromatic nitrogens is 1. The van der Waals surface area contributed by atoms with E-state index in [4.69, 9.17) is 0 Å². The summed E-state index contributed by atoms with van der Waals surface area (Å²) in [4.78, 5) is 4.46. The molecule has 1 N–H and O–H groups in total. The monoisotopic (exact) mass is 170 g/mol. The van der Waals surface area contributed by atoms with Crippen LogP contribution in [0.15, 0.2) is 5.38 Å². The molecule has 62 valence electrons. The van der Waals surface area contributed by atoms with Gasteiger partial charge in [-0.2, -0.15) is 0 Å². The maximum Gasteiger partial charge on any atom is 0.110 e. The fourth-order valence-corrected chi connectivity index (χ4v) is 1.78. The molecular formula is C8H14N2S. The first-order chi connectivity index (χ1) is 5.27. The number of hydrogen-bond donors (Lipinski definition) is 1. The molecule has 0 spiro atoms. The third kappa shape index (κ3) is 2.01. The van der Waals surface area contributed by atoms with Gasteiger partial charge in [0.15, 0.2) is 0 Å². The minimum atomic E-state index is 0.389. The van der Waals surface area contributed by atoms with Crippen LogP contribution in [0, 0.1) is 0 Å².